The zero-order valence-corrected chi connectivity index (χ0v) is 18.8. The molecule has 1 aliphatic heterocycles. The highest BCUT2D eigenvalue weighted by atomic mass is 16.2. The number of aryl methyl sites for hydroxylation is 1. The smallest absolute Gasteiger partial charge is 0.246 e. The highest BCUT2D eigenvalue weighted by Crippen LogP contribution is 2.24. The van der Waals surface area contributed by atoms with Crippen molar-refractivity contribution in [2.45, 2.75) is 41.0 Å². The van der Waals surface area contributed by atoms with Crippen molar-refractivity contribution in [1.82, 2.24) is 14.7 Å². The van der Waals surface area contributed by atoms with E-state index in [1.54, 1.807) is 6.08 Å². The number of benzene rings is 1. The van der Waals surface area contributed by atoms with Crippen LogP contribution in [0.15, 0.2) is 30.3 Å². The molecule has 5 heteroatoms. The average molecular weight is 400 g/mol. The van der Waals surface area contributed by atoms with E-state index in [-0.39, 0.29) is 17.7 Å². The Kier molecular flexibility index (Phi) is 8.90. The van der Waals surface area contributed by atoms with Gasteiger partial charge in [0.2, 0.25) is 11.8 Å². The molecule has 0 N–H and O–H groups in total. The third-order valence-electron chi connectivity index (χ3n) is 5.77. The molecule has 2 rings (SSSR count). The normalized spacial score (nSPS) is 15.3. The highest BCUT2D eigenvalue weighted by Gasteiger charge is 2.24. The van der Waals surface area contributed by atoms with E-state index in [1.807, 2.05) is 9.80 Å². The molecule has 0 bridgehead atoms. The minimum atomic E-state index is 0.0458. The Bertz CT molecular complexity index is 697. The van der Waals surface area contributed by atoms with Gasteiger partial charge in [-0.1, -0.05) is 57.5 Å². The number of rotatable bonds is 8. The van der Waals surface area contributed by atoms with Gasteiger partial charge in [0, 0.05) is 45.2 Å². The molecule has 1 aliphatic rings. The largest absolute Gasteiger partial charge is 0.339 e. The van der Waals surface area contributed by atoms with Crippen LogP contribution in [0, 0.1) is 12.8 Å². The van der Waals surface area contributed by atoms with E-state index in [4.69, 9.17) is 0 Å². The van der Waals surface area contributed by atoms with E-state index in [1.165, 1.54) is 5.56 Å². The Morgan fingerprint density at radius 3 is 2.07 bits per heavy atom. The Morgan fingerprint density at radius 1 is 1.00 bits per heavy atom. The third-order valence-corrected chi connectivity index (χ3v) is 5.77. The van der Waals surface area contributed by atoms with Gasteiger partial charge in [-0.25, -0.2) is 0 Å². The van der Waals surface area contributed by atoms with Gasteiger partial charge in [0.1, 0.15) is 0 Å². The third kappa shape index (κ3) is 6.70. The minimum absolute atomic E-state index is 0.0458. The summed E-state index contributed by atoms with van der Waals surface area (Å²) >= 11 is 0. The second-order valence-electron chi connectivity index (χ2n) is 8.10. The first-order valence-corrected chi connectivity index (χ1v) is 10.9. The number of amides is 2. The van der Waals surface area contributed by atoms with Crippen LogP contribution >= 0.6 is 0 Å². The van der Waals surface area contributed by atoms with Crippen molar-refractivity contribution in [3.8, 4) is 0 Å². The number of carbonyl (C=O) groups excluding carboxylic acids is 2. The van der Waals surface area contributed by atoms with Gasteiger partial charge in [0.05, 0.1) is 0 Å². The summed E-state index contributed by atoms with van der Waals surface area (Å²) in [6.45, 7) is 15.7. The Morgan fingerprint density at radius 2 is 1.55 bits per heavy atom. The SMILES string of the molecule is CCN(CC)CCC(=O)N1CCN(C(=O)/C=C(/c2ccc(C)cc2)C(C)C)CC1. The Labute approximate surface area is 176 Å². The standard InChI is InChI=1S/C24H37N3O2/c1-6-25(7-2)13-12-23(28)26-14-16-27(17-15-26)24(29)18-22(19(3)4)21-10-8-20(5)9-11-21/h8-11,18-19H,6-7,12-17H2,1-5H3/b22-18+. The van der Waals surface area contributed by atoms with E-state index in [2.05, 4.69) is 63.8 Å². The van der Waals surface area contributed by atoms with Crippen LogP contribution in [0.3, 0.4) is 0 Å². The Hall–Kier alpha value is -2.14. The number of hydrogen-bond donors (Lipinski definition) is 0. The fourth-order valence-electron chi connectivity index (χ4n) is 3.68. The maximum atomic E-state index is 12.9. The monoisotopic (exact) mass is 399 g/mol. The summed E-state index contributed by atoms with van der Waals surface area (Å²) < 4.78 is 0. The molecule has 1 fully saturated rings. The van der Waals surface area contributed by atoms with Crippen LogP contribution in [-0.2, 0) is 9.59 Å². The summed E-state index contributed by atoms with van der Waals surface area (Å²) in [5.41, 5.74) is 3.38. The summed E-state index contributed by atoms with van der Waals surface area (Å²) in [7, 11) is 0. The maximum Gasteiger partial charge on any atom is 0.246 e. The van der Waals surface area contributed by atoms with Crippen molar-refractivity contribution in [2.75, 3.05) is 45.8 Å². The fraction of sp³-hybridized carbons (Fsp3) is 0.583. The molecule has 0 atom stereocenters. The zero-order valence-electron chi connectivity index (χ0n) is 18.8. The lowest BCUT2D eigenvalue weighted by Crippen LogP contribution is -2.50. The van der Waals surface area contributed by atoms with Crippen molar-refractivity contribution in [2.24, 2.45) is 5.92 Å². The number of piperazine rings is 1. The van der Waals surface area contributed by atoms with Gasteiger partial charge in [0.15, 0.2) is 0 Å². The zero-order chi connectivity index (χ0) is 21.4. The summed E-state index contributed by atoms with van der Waals surface area (Å²) in [6.07, 6.45) is 2.34. The first-order valence-electron chi connectivity index (χ1n) is 10.9. The molecule has 0 saturated carbocycles. The molecule has 1 heterocycles. The van der Waals surface area contributed by atoms with E-state index >= 15 is 0 Å². The Balaban J connectivity index is 1.93. The molecule has 1 aromatic carbocycles. The van der Waals surface area contributed by atoms with Gasteiger partial charge >= 0.3 is 0 Å². The predicted molar refractivity (Wildman–Crippen MR) is 120 cm³/mol. The molecule has 1 saturated heterocycles. The van der Waals surface area contributed by atoms with Crippen LogP contribution in [0.1, 0.15) is 45.2 Å². The van der Waals surface area contributed by atoms with Gasteiger partial charge in [0.25, 0.3) is 0 Å². The van der Waals surface area contributed by atoms with Crippen LogP contribution in [0.2, 0.25) is 0 Å². The molecule has 0 radical (unpaired) electrons. The summed E-state index contributed by atoms with van der Waals surface area (Å²) in [5, 5.41) is 0. The van der Waals surface area contributed by atoms with E-state index < -0.39 is 0 Å². The van der Waals surface area contributed by atoms with Gasteiger partial charge in [-0.05, 0) is 37.1 Å². The number of allylic oxidation sites excluding steroid dienone is 1. The lowest BCUT2D eigenvalue weighted by Gasteiger charge is -2.35. The molecular formula is C24H37N3O2. The number of carbonyl (C=O) groups is 2. The van der Waals surface area contributed by atoms with Crippen LogP contribution in [-0.4, -0.2) is 72.3 Å². The van der Waals surface area contributed by atoms with Crippen molar-refractivity contribution < 1.29 is 9.59 Å². The van der Waals surface area contributed by atoms with Gasteiger partial charge in [-0.2, -0.15) is 0 Å². The molecular weight excluding hydrogens is 362 g/mol. The highest BCUT2D eigenvalue weighted by molar-refractivity contribution is 5.95. The van der Waals surface area contributed by atoms with Crippen molar-refractivity contribution >= 4 is 17.4 Å². The molecule has 2 amide bonds. The first-order chi connectivity index (χ1) is 13.8. The van der Waals surface area contributed by atoms with E-state index in [0.29, 0.717) is 32.6 Å². The van der Waals surface area contributed by atoms with Crippen LogP contribution in [0.4, 0.5) is 0 Å². The number of nitrogens with zero attached hydrogens (tertiary/aromatic N) is 3. The molecule has 5 nitrogen and oxygen atoms in total. The first kappa shape index (κ1) is 23.1. The van der Waals surface area contributed by atoms with Crippen LogP contribution < -0.4 is 0 Å². The molecule has 0 aliphatic carbocycles. The van der Waals surface area contributed by atoms with E-state index in [0.717, 1.165) is 30.8 Å². The molecule has 0 unspecified atom stereocenters. The molecule has 0 aromatic heterocycles. The van der Waals surface area contributed by atoms with Gasteiger partial charge in [-0.3, -0.25) is 9.59 Å². The second kappa shape index (κ2) is 11.1. The molecule has 0 spiro atoms. The summed E-state index contributed by atoms with van der Waals surface area (Å²) in [4.78, 5) is 31.4. The summed E-state index contributed by atoms with van der Waals surface area (Å²) in [6, 6.07) is 8.33. The predicted octanol–water partition coefficient (Wildman–Crippen LogP) is 3.44. The van der Waals surface area contributed by atoms with Gasteiger partial charge in [-0.15, -0.1) is 0 Å². The van der Waals surface area contributed by atoms with Gasteiger partial charge < -0.3 is 14.7 Å². The lowest BCUT2D eigenvalue weighted by molar-refractivity contribution is -0.137. The number of hydrogen-bond acceptors (Lipinski definition) is 3. The summed E-state index contributed by atoms with van der Waals surface area (Å²) in [5.74, 6) is 0.510. The molecule has 1 aromatic rings. The van der Waals surface area contributed by atoms with Crippen molar-refractivity contribution in [3.05, 3.63) is 41.5 Å². The maximum absolute atomic E-state index is 12.9. The van der Waals surface area contributed by atoms with E-state index in [9.17, 15) is 9.59 Å². The topological polar surface area (TPSA) is 43.9 Å². The molecule has 160 valence electrons. The minimum Gasteiger partial charge on any atom is -0.339 e. The quantitative estimate of drug-likeness (QED) is 0.629. The second-order valence-corrected chi connectivity index (χ2v) is 8.10. The van der Waals surface area contributed by atoms with Crippen LogP contribution in [0.5, 0.6) is 0 Å². The van der Waals surface area contributed by atoms with Crippen molar-refractivity contribution in [1.29, 1.82) is 0 Å². The lowest BCUT2D eigenvalue weighted by atomic mass is 9.94. The average Bonchev–Trinajstić information content (AvgIpc) is 2.73. The molecule has 29 heavy (non-hydrogen) atoms. The van der Waals surface area contributed by atoms with Crippen molar-refractivity contribution in [3.63, 3.8) is 0 Å². The van der Waals surface area contributed by atoms with Crippen LogP contribution in [0.25, 0.3) is 5.57 Å². The fourth-order valence-corrected chi connectivity index (χ4v) is 3.68.